The molecule has 0 bridgehead atoms. The molecule has 0 aromatic heterocycles. The lowest BCUT2D eigenvalue weighted by Crippen LogP contribution is -3.08. The second-order valence-corrected chi connectivity index (χ2v) is 6.11. The predicted octanol–water partition coefficient (Wildman–Crippen LogP) is 1.08. The summed E-state index contributed by atoms with van der Waals surface area (Å²) in [5.74, 6) is 1.76. The fraction of sp³-hybridized carbons (Fsp3) is 0.350. The zero-order valence-corrected chi connectivity index (χ0v) is 15.2. The molecular formula is C20H27N2O3+. The first-order valence-corrected chi connectivity index (χ1v) is 8.44. The smallest absolute Gasteiger partial charge is 0.275 e. The van der Waals surface area contributed by atoms with E-state index in [4.69, 9.17) is 9.47 Å². The van der Waals surface area contributed by atoms with Gasteiger partial charge in [0.2, 0.25) is 0 Å². The van der Waals surface area contributed by atoms with E-state index in [1.54, 1.807) is 14.2 Å². The number of methoxy groups -OCH3 is 2. The Kier molecular flexibility index (Phi) is 7.29. The molecule has 0 aliphatic rings. The molecule has 0 fully saturated rings. The molecule has 1 unspecified atom stereocenters. The predicted molar refractivity (Wildman–Crippen MR) is 98.2 cm³/mol. The summed E-state index contributed by atoms with van der Waals surface area (Å²) >= 11 is 0. The molecule has 1 atom stereocenters. The van der Waals surface area contributed by atoms with Crippen LogP contribution in [-0.4, -0.2) is 40.3 Å². The van der Waals surface area contributed by atoms with Crippen LogP contribution in [0.25, 0.3) is 0 Å². The third-order valence-electron chi connectivity index (χ3n) is 4.02. The van der Waals surface area contributed by atoms with E-state index >= 15 is 0 Å². The van der Waals surface area contributed by atoms with Crippen LogP contribution in [0.3, 0.4) is 0 Å². The van der Waals surface area contributed by atoms with Crippen LogP contribution < -0.4 is 19.7 Å². The summed E-state index contributed by atoms with van der Waals surface area (Å²) in [7, 11) is 5.33. The average Bonchev–Trinajstić information content (AvgIpc) is 2.63. The Labute approximate surface area is 149 Å². The van der Waals surface area contributed by atoms with Crippen molar-refractivity contribution in [3.05, 3.63) is 59.7 Å². The molecule has 2 N–H and O–H groups in total. The first-order chi connectivity index (χ1) is 12.1. The number of quaternary nitrogens is 1. The Hall–Kier alpha value is -2.53. The normalized spacial score (nSPS) is 11.6. The molecule has 0 heterocycles. The minimum atomic E-state index is 0.0690. The van der Waals surface area contributed by atoms with Crippen LogP contribution in [0.5, 0.6) is 11.5 Å². The van der Waals surface area contributed by atoms with Gasteiger partial charge in [-0.2, -0.15) is 0 Å². The summed E-state index contributed by atoms with van der Waals surface area (Å²) in [5.41, 5.74) is 2.37. The maximum atomic E-state index is 12.1. The third kappa shape index (κ3) is 6.47. The van der Waals surface area contributed by atoms with Gasteiger partial charge in [0.05, 0.1) is 21.3 Å². The highest BCUT2D eigenvalue weighted by Gasteiger charge is 2.10. The largest absolute Gasteiger partial charge is 0.497 e. The van der Waals surface area contributed by atoms with Gasteiger partial charge in [-0.3, -0.25) is 4.79 Å². The van der Waals surface area contributed by atoms with Gasteiger partial charge >= 0.3 is 0 Å². The number of ether oxygens (including phenoxy) is 2. The van der Waals surface area contributed by atoms with Crippen LogP contribution in [0.2, 0.25) is 0 Å². The lowest BCUT2D eigenvalue weighted by molar-refractivity contribution is -0.885. The summed E-state index contributed by atoms with van der Waals surface area (Å²) in [4.78, 5) is 13.2. The Morgan fingerprint density at radius 3 is 1.96 bits per heavy atom. The molecule has 0 aliphatic carbocycles. The van der Waals surface area contributed by atoms with E-state index < -0.39 is 0 Å². The zero-order valence-electron chi connectivity index (χ0n) is 15.2. The Balaban J connectivity index is 1.69. The highest BCUT2D eigenvalue weighted by molar-refractivity contribution is 5.76. The molecule has 25 heavy (non-hydrogen) atoms. The number of carbonyl (C=O) groups is 1. The third-order valence-corrected chi connectivity index (χ3v) is 4.02. The molecule has 0 spiro atoms. The van der Waals surface area contributed by atoms with Crippen molar-refractivity contribution < 1.29 is 19.2 Å². The standard InChI is InChI=1S/C20H26N2O3/c1-22(14-17-6-10-19(25-3)11-7-17)15-20(23)21-13-12-16-4-8-18(24-2)9-5-16/h4-11H,12-15H2,1-3H3,(H,21,23)/p+1. The fourth-order valence-electron chi connectivity index (χ4n) is 2.63. The van der Waals surface area contributed by atoms with Gasteiger partial charge in [0.15, 0.2) is 6.54 Å². The van der Waals surface area contributed by atoms with E-state index in [1.165, 1.54) is 11.1 Å². The number of rotatable bonds is 9. The summed E-state index contributed by atoms with van der Waals surface area (Å²) < 4.78 is 10.3. The van der Waals surface area contributed by atoms with Gasteiger partial charge in [0, 0.05) is 12.1 Å². The number of carbonyl (C=O) groups excluding carboxylic acids is 1. The van der Waals surface area contributed by atoms with E-state index in [-0.39, 0.29) is 5.91 Å². The van der Waals surface area contributed by atoms with Crippen LogP contribution in [0.4, 0.5) is 0 Å². The maximum Gasteiger partial charge on any atom is 0.275 e. The highest BCUT2D eigenvalue weighted by Crippen LogP contribution is 2.11. The van der Waals surface area contributed by atoms with Gasteiger partial charge in [-0.15, -0.1) is 0 Å². The second-order valence-electron chi connectivity index (χ2n) is 6.11. The summed E-state index contributed by atoms with van der Waals surface area (Å²) in [5, 5.41) is 2.98. The number of benzene rings is 2. The zero-order chi connectivity index (χ0) is 18.1. The highest BCUT2D eigenvalue weighted by atomic mass is 16.5. The van der Waals surface area contributed by atoms with Crippen molar-refractivity contribution in [3.63, 3.8) is 0 Å². The number of hydrogen-bond donors (Lipinski definition) is 2. The van der Waals surface area contributed by atoms with Crippen molar-refractivity contribution in [1.29, 1.82) is 0 Å². The molecule has 134 valence electrons. The van der Waals surface area contributed by atoms with Crippen LogP contribution in [0.15, 0.2) is 48.5 Å². The quantitative estimate of drug-likeness (QED) is 0.716. The Bertz CT molecular complexity index is 654. The van der Waals surface area contributed by atoms with E-state index in [1.807, 2.05) is 55.6 Å². The average molecular weight is 343 g/mol. The lowest BCUT2D eigenvalue weighted by Gasteiger charge is -2.14. The Morgan fingerprint density at radius 1 is 0.920 bits per heavy atom. The number of amides is 1. The molecule has 2 aromatic carbocycles. The van der Waals surface area contributed by atoms with Gasteiger partial charge in [-0.25, -0.2) is 0 Å². The minimum absolute atomic E-state index is 0.0690. The van der Waals surface area contributed by atoms with E-state index in [0.29, 0.717) is 13.1 Å². The van der Waals surface area contributed by atoms with Gasteiger partial charge in [0.25, 0.3) is 5.91 Å². The van der Waals surface area contributed by atoms with E-state index in [2.05, 4.69) is 5.32 Å². The molecule has 2 rings (SSSR count). The van der Waals surface area contributed by atoms with Gasteiger partial charge < -0.3 is 19.7 Å². The molecule has 5 nitrogen and oxygen atoms in total. The van der Waals surface area contributed by atoms with Crippen molar-refractivity contribution in [3.8, 4) is 11.5 Å². The molecule has 2 aromatic rings. The molecule has 0 saturated heterocycles. The Morgan fingerprint density at radius 2 is 1.44 bits per heavy atom. The lowest BCUT2D eigenvalue weighted by atomic mass is 10.1. The second kappa shape index (κ2) is 9.69. The molecule has 1 amide bonds. The van der Waals surface area contributed by atoms with E-state index in [0.717, 1.165) is 29.4 Å². The topological polar surface area (TPSA) is 52.0 Å². The van der Waals surface area contributed by atoms with Crippen LogP contribution in [0, 0.1) is 0 Å². The number of hydrogen-bond acceptors (Lipinski definition) is 3. The van der Waals surface area contributed by atoms with Crippen molar-refractivity contribution in [2.24, 2.45) is 0 Å². The van der Waals surface area contributed by atoms with Crippen LogP contribution >= 0.6 is 0 Å². The number of likely N-dealkylation sites (N-methyl/N-ethyl adjacent to an activating group) is 1. The summed E-state index contributed by atoms with van der Waals surface area (Å²) in [6.07, 6.45) is 0.813. The SMILES string of the molecule is COc1ccc(CCNC(=O)C[NH+](C)Cc2ccc(OC)cc2)cc1. The van der Waals surface area contributed by atoms with Crippen LogP contribution in [-0.2, 0) is 17.8 Å². The van der Waals surface area contributed by atoms with Crippen molar-refractivity contribution in [2.75, 3.05) is 34.4 Å². The first kappa shape index (κ1) is 18.8. The molecule has 0 aliphatic heterocycles. The molecular weight excluding hydrogens is 316 g/mol. The van der Waals surface area contributed by atoms with E-state index in [9.17, 15) is 4.79 Å². The van der Waals surface area contributed by atoms with Gasteiger partial charge in [-0.1, -0.05) is 12.1 Å². The van der Waals surface area contributed by atoms with Crippen molar-refractivity contribution in [2.45, 2.75) is 13.0 Å². The molecule has 5 heteroatoms. The maximum absolute atomic E-state index is 12.1. The summed E-state index contributed by atoms with van der Waals surface area (Å²) in [6, 6.07) is 15.9. The van der Waals surface area contributed by atoms with Crippen molar-refractivity contribution in [1.82, 2.24) is 5.32 Å². The van der Waals surface area contributed by atoms with Crippen LogP contribution in [0.1, 0.15) is 11.1 Å². The summed E-state index contributed by atoms with van der Waals surface area (Å²) in [6.45, 7) is 1.89. The number of nitrogens with one attached hydrogen (secondary N) is 2. The minimum Gasteiger partial charge on any atom is -0.497 e. The molecule has 0 saturated carbocycles. The van der Waals surface area contributed by atoms with Gasteiger partial charge in [-0.05, 0) is 48.4 Å². The fourth-order valence-corrected chi connectivity index (χ4v) is 2.63. The van der Waals surface area contributed by atoms with Crippen molar-refractivity contribution >= 4 is 5.91 Å². The monoisotopic (exact) mass is 343 g/mol. The molecule has 0 radical (unpaired) electrons. The first-order valence-electron chi connectivity index (χ1n) is 8.44. The van der Waals surface area contributed by atoms with Gasteiger partial charge in [0.1, 0.15) is 18.0 Å².